The van der Waals surface area contributed by atoms with Crippen molar-refractivity contribution in [2.75, 3.05) is 6.61 Å². The van der Waals surface area contributed by atoms with Gasteiger partial charge in [-0.15, -0.1) is 11.6 Å². The quantitative estimate of drug-likeness (QED) is 0.488. The summed E-state index contributed by atoms with van der Waals surface area (Å²) in [4.78, 5) is 4.71. The molecular formula is C17H25ClN2O. The molecule has 0 aliphatic carbocycles. The first-order chi connectivity index (χ1) is 10.2. The highest BCUT2D eigenvalue weighted by atomic mass is 35.5. The molecule has 1 heterocycles. The molecule has 1 atom stereocenters. The second-order valence-corrected chi connectivity index (χ2v) is 5.70. The van der Waals surface area contributed by atoms with Crippen LogP contribution in [0.5, 0.6) is 5.75 Å². The molecule has 0 saturated carbocycles. The highest BCUT2D eigenvalue weighted by Gasteiger charge is 2.17. The van der Waals surface area contributed by atoms with Crippen molar-refractivity contribution >= 4 is 22.6 Å². The lowest BCUT2D eigenvalue weighted by atomic mass is 10.1. The molecule has 0 spiro atoms. The van der Waals surface area contributed by atoms with Gasteiger partial charge in [0.2, 0.25) is 0 Å². The molecule has 2 rings (SSSR count). The third kappa shape index (κ3) is 3.52. The molecule has 0 N–H and O–H groups in total. The minimum atomic E-state index is 0.409. The number of alkyl halides is 1. The van der Waals surface area contributed by atoms with Gasteiger partial charge in [0.05, 0.1) is 18.0 Å². The number of benzene rings is 1. The van der Waals surface area contributed by atoms with Crippen LogP contribution in [0.4, 0.5) is 0 Å². The molecule has 2 aromatic rings. The summed E-state index contributed by atoms with van der Waals surface area (Å²) in [6.45, 7) is 7.12. The largest absolute Gasteiger partial charge is 0.492 e. The smallest absolute Gasteiger partial charge is 0.147 e. The van der Waals surface area contributed by atoms with E-state index in [1.165, 1.54) is 19.3 Å². The van der Waals surface area contributed by atoms with E-state index in [9.17, 15) is 0 Å². The molecule has 0 bridgehead atoms. The van der Waals surface area contributed by atoms with E-state index < -0.39 is 0 Å². The molecule has 1 aromatic carbocycles. The van der Waals surface area contributed by atoms with Crippen LogP contribution >= 0.6 is 11.6 Å². The third-order valence-electron chi connectivity index (χ3n) is 3.84. The second-order valence-electron chi connectivity index (χ2n) is 5.43. The van der Waals surface area contributed by atoms with Crippen molar-refractivity contribution in [2.45, 2.75) is 58.4 Å². The first-order valence-electron chi connectivity index (χ1n) is 7.91. The molecule has 0 radical (unpaired) electrons. The molecule has 0 aliphatic heterocycles. The first kappa shape index (κ1) is 16.2. The Kier molecular flexibility index (Phi) is 5.92. The van der Waals surface area contributed by atoms with E-state index >= 15 is 0 Å². The summed E-state index contributed by atoms with van der Waals surface area (Å²) in [6.07, 6.45) is 4.91. The van der Waals surface area contributed by atoms with E-state index in [1.807, 2.05) is 19.1 Å². The topological polar surface area (TPSA) is 27.1 Å². The fourth-order valence-corrected chi connectivity index (χ4v) is 3.00. The van der Waals surface area contributed by atoms with Crippen LogP contribution in [-0.4, -0.2) is 16.2 Å². The zero-order valence-electron chi connectivity index (χ0n) is 13.2. The Morgan fingerprint density at radius 1 is 1.29 bits per heavy atom. The van der Waals surface area contributed by atoms with Crippen molar-refractivity contribution in [1.82, 2.24) is 9.55 Å². The minimum Gasteiger partial charge on any atom is -0.492 e. The summed E-state index contributed by atoms with van der Waals surface area (Å²) >= 11 is 6.11. The zero-order chi connectivity index (χ0) is 15.2. The Balaban J connectivity index is 2.39. The average molecular weight is 309 g/mol. The molecule has 116 valence electrons. The first-order valence-corrected chi connectivity index (χ1v) is 8.44. The molecular weight excluding hydrogens is 284 g/mol. The van der Waals surface area contributed by atoms with Crippen LogP contribution in [0.1, 0.15) is 58.3 Å². The Hall–Kier alpha value is -1.22. The van der Waals surface area contributed by atoms with Gasteiger partial charge in [-0.1, -0.05) is 32.3 Å². The number of aromatic nitrogens is 2. The van der Waals surface area contributed by atoms with Crippen LogP contribution in [0.2, 0.25) is 0 Å². The normalized spacial score (nSPS) is 12.8. The highest BCUT2D eigenvalue weighted by Crippen LogP contribution is 2.30. The van der Waals surface area contributed by atoms with Crippen molar-refractivity contribution in [1.29, 1.82) is 0 Å². The molecule has 4 heteroatoms. The lowest BCUT2D eigenvalue weighted by Gasteiger charge is -2.17. The molecule has 0 aliphatic rings. The average Bonchev–Trinajstić information content (AvgIpc) is 2.87. The van der Waals surface area contributed by atoms with Gasteiger partial charge in [0, 0.05) is 6.04 Å². The van der Waals surface area contributed by atoms with Crippen LogP contribution < -0.4 is 4.74 Å². The van der Waals surface area contributed by atoms with E-state index in [1.54, 1.807) is 0 Å². The van der Waals surface area contributed by atoms with Crippen LogP contribution in [0, 0.1) is 0 Å². The summed E-state index contributed by atoms with van der Waals surface area (Å²) in [6, 6.07) is 6.52. The van der Waals surface area contributed by atoms with Gasteiger partial charge in [0.25, 0.3) is 0 Å². The number of imidazole rings is 1. The van der Waals surface area contributed by atoms with E-state index in [0.29, 0.717) is 18.5 Å². The van der Waals surface area contributed by atoms with Gasteiger partial charge in [-0.2, -0.15) is 0 Å². The van der Waals surface area contributed by atoms with Crippen molar-refractivity contribution in [2.24, 2.45) is 0 Å². The van der Waals surface area contributed by atoms with Crippen molar-refractivity contribution < 1.29 is 4.74 Å². The van der Waals surface area contributed by atoms with Crippen LogP contribution in [-0.2, 0) is 5.88 Å². The summed E-state index contributed by atoms with van der Waals surface area (Å²) < 4.78 is 7.97. The summed E-state index contributed by atoms with van der Waals surface area (Å²) in [5, 5.41) is 0. The van der Waals surface area contributed by atoms with E-state index in [-0.39, 0.29) is 0 Å². The lowest BCUT2D eigenvalue weighted by Crippen LogP contribution is -2.08. The molecule has 0 fully saturated rings. The number of hydrogen-bond donors (Lipinski definition) is 0. The van der Waals surface area contributed by atoms with Crippen LogP contribution in [0.25, 0.3) is 11.0 Å². The van der Waals surface area contributed by atoms with E-state index in [0.717, 1.165) is 29.0 Å². The summed E-state index contributed by atoms with van der Waals surface area (Å²) in [7, 11) is 0. The predicted octanol–water partition coefficient (Wildman–Crippen LogP) is 5.32. The monoisotopic (exact) mass is 308 g/mol. The SMILES string of the molecule is CCCCCC(C)n1c(CCl)nc2c(OCC)cccc21. The molecule has 1 unspecified atom stereocenters. The Morgan fingerprint density at radius 3 is 2.76 bits per heavy atom. The van der Waals surface area contributed by atoms with E-state index in [4.69, 9.17) is 21.3 Å². The molecule has 0 amide bonds. The number of unbranched alkanes of at least 4 members (excludes halogenated alkanes) is 2. The maximum atomic E-state index is 6.11. The maximum absolute atomic E-state index is 6.11. The van der Waals surface area contributed by atoms with Gasteiger partial charge in [-0.05, 0) is 32.4 Å². The number of rotatable bonds is 8. The molecule has 3 nitrogen and oxygen atoms in total. The minimum absolute atomic E-state index is 0.409. The number of fused-ring (bicyclic) bond motifs is 1. The van der Waals surface area contributed by atoms with Gasteiger partial charge in [0.15, 0.2) is 0 Å². The Bertz CT molecular complexity index is 579. The summed E-state index contributed by atoms with van der Waals surface area (Å²) in [5.74, 6) is 2.21. The summed E-state index contributed by atoms with van der Waals surface area (Å²) in [5.41, 5.74) is 2.05. The zero-order valence-corrected chi connectivity index (χ0v) is 14.0. The predicted molar refractivity (Wildman–Crippen MR) is 89.3 cm³/mol. The highest BCUT2D eigenvalue weighted by molar-refractivity contribution is 6.16. The van der Waals surface area contributed by atoms with Gasteiger partial charge < -0.3 is 9.30 Å². The number of nitrogens with zero attached hydrogens (tertiary/aromatic N) is 2. The van der Waals surface area contributed by atoms with Crippen LogP contribution in [0.3, 0.4) is 0 Å². The van der Waals surface area contributed by atoms with Crippen molar-refractivity contribution in [3.8, 4) is 5.75 Å². The standard InChI is InChI=1S/C17H25ClN2O/c1-4-6-7-9-13(3)20-14-10-8-11-15(21-5-2)17(14)19-16(20)12-18/h8,10-11,13H,4-7,9,12H2,1-3H3. The number of ether oxygens (including phenoxy) is 1. The fourth-order valence-electron chi connectivity index (χ4n) is 2.82. The lowest BCUT2D eigenvalue weighted by molar-refractivity contribution is 0.343. The maximum Gasteiger partial charge on any atom is 0.147 e. The molecule has 21 heavy (non-hydrogen) atoms. The third-order valence-corrected chi connectivity index (χ3v) is 4.08. The fraction of sp³-hybridized carbons (Fsp3) is 0.588. The van der Waals surface area contributed by atoms with Gasteiger partial charge >= 0.3 is 0 Å². The molecule has 0 saturated heterocycles. The van der Waals surface area contributed by atoms with Gasteiger partial charge in [0.1, 0.15) is 17.1 Å². The van der Waals surface area contributed by atoms with Crippen LogP contribution in [0.15, 0.2) is 18.2 Å². The number of para-hydroxylation sites is 1. The van der Waals surface area contributed by atoms with Crippen molar-refractivity contribution in [3.63, 3.8) is 0 Å². The van der Waals surface area contributed by atoms with Crippen molar-refractivity contribution in [3.05, 3.63) is 24.0 Å². The number of halogens is 1. The number of hydrogen-bond acceptors (Lipinski definition) is 2. The Morgan fingerprint density at radius 2 is 2.10 bits per heavy atom. The molecule has 1 aromatic heterocycles. The van der Waals surface area contributed by atoms with E-state index in [2.05, 4.69) is 24.5 Å². The van der Waals surface area contributed by atoms with Gasteiger partial charge in [-0.25, -0.2) is 4.98 Å². The Labute approximate surface area is 132 Å². The second kappa shape index (κ2) is 7.69. The van der Waals surface area contributed by atoms with Gasteiger partial charge in [-0.3, -0.25) is 0 Å².